The van der Waals surface area contributed by atoms with E-state index in [2.05, 4.69) is 4.98 Å². The van der Waals surface area contributed by atoms with Gasteiger partial charge >= 0.3 is 11.7 Å². The number of carbonyl (C=O) groups is 1. The van der Waals surface area contributed by atoms with E-state index in [-0.39, 0.29) is 17.2 Å². The number of aromatic nitrogens is 2. The third-order valence-corrected chi connectivity index (χ3v) is 2.35. The lowest BCUT2D eigenvalue weighted by Gasteiger charge is -2.11. The second-order valence-corrected chi connectivity index (χ2v) is 4.49. The van der Waals surface area contributed by atoms with Gasteiger partial charge in [0, 0.05) is 12.7 Å². The van der Waals surface area contributed by atoms with Crippen LogP contribution in [-0.4, -0.2) is 20.6 Å². The third-order valence-electron chi connectivity index (χ3n) is 2.35. The molecule has 0 fully saturated rings. The molecule has 17 heavy (non-hydrogen) atoms. The van der Waals surface area contributed by atoms with Gasteiger partial charge in [0.2, 0.25) is 0 Å². The molecule has 0 aliphatic rings. The number of hydrogen-bond acceptors (Lipinski definition) is 3. The van der Waals surface area contributed by atoms with E-state index in [4.69, 9.17) is 5.11 Å². The Morgan fingerprint density at radius 3 is 2.65 bits per heavy atom. The van der Waals surface area contributed by atoms with E-state index in [1.807, 2.05) is 20.8 Å². The van der Waals surface area contributed by atoms with Gasteiger partial charge in [-0.05, 0) is 12.3 Å². The molecule has 0 saturated heterocycles. The molecule has 0 radical (unpaired) electrons. The molecule has 1 heterocycles. The SMILES string of the molecule is CCCc1nc(=O)n(CC(C)C)cc1C(=O)O. The van der Waals surface area contributed by atoms with Crippen molar-refractivity contribution in [2.75, 3.05) is 0 Å². The number of carboxylic acids is 1. The van der Waals surface area contributed by atoms with Crippen molar-refractivity contribution in [2.45, 2.75) is 40.2 Å². The summed E-state index contributed by atoms with van der Waals surface area (Å²) in [5.74, 6) is -0.758. The zero-order valence-corrected chi connectivity index (χ0v) is 10.4. The fraction of sp³-hybridized carbons (Fsp3) is 0.583. The maximum Gasteiger partial charge on any atom is 0.347 e. The lowest BCUT2D eigenvalue weighted by Crippen LogP contribution is -2.28. The molecule has 0 aliphatic heterocycles. The second kappa shape index (κ2) is 5.61. The highest BCUT2D eigenvalue weighted by Crippen LogP contribution is 2.07. The van der Waals surface area contributed by atoms with E-state index in [1.54, 1.807) is 0 Å². The highest BCUT2D eigenvalue weighted by atomic mass is 16.4. The van der Waals surface area contributed by atoms with Crippen molar-refractivity contribution in [3.8, 4) is 0 Å². The van der Waals surface area contributed by atoms with Crippen LogP contribution < -0.4 is 5.69 Å². The van der Waals surface area contributed by atoms with Crippen LogP contribution in [0.2, 0.25) is 0 Å². The summed E-state index contributed by atoms with van der Waals surface area (Å²) in [4.78, 5) is 26.6. The fourth-order valence-corrected chi connectivity index (χ4v) is 1.66. The molecule has 1 rings (SSSR count). The van der Waals surface area contributed by atoms with Gasteiger partial charge in [0.05, 0.1) is 11.3 Å². The number of aromatic carboxylic acids is 1. The molecule has 1 aromatic rings. The van der Waals surface area contributed by atoms with Crippen LogP contribution >= 0.6 is 0 Å². The normalized spacial score (nSPS) is 10.8. The van der Waals surface area contributed by atoms with Crippen molar-refractivity contribution in [3.05, 3.63) is 27.9 Å². The van der Waals surface area contributed by atoms with Crippen LogP contribution in [0.3, 0.4) is 0 Å². The molecule has 5 heteroatoms. The molecule has 5 nitrogen and oxygen atoms in total. The summed E-state index contributed by atoms with van der Waals surface area (Å²) in [7, 11) is 0. The van der Waals surface area contributed by atoms with Crippen molar-refractivity contribution >= 4 is 5.97 Å². The molecule has 0 atom stereocenters. The first-order valence-corrected chi connectivity index (χ1v) is 5.79. The van der Waals surface area contributed by atoms with Gasteiger partial charge in [-0.2, -0.15) is 4.98 Å². The highest BCUT2D eigenvalue weighted by Gasteiger charge is 2.14. The minimum Gasteiger partial charge on any atom is -0.478 e. The minimum atomic E-state index is -1.03. The van der Waals surface area contributed by atoms with Crippen LogP contribution in [-0.2, 0) is 13.0 Å². The summed E-state index contributed by atoms with van der Waals surface area (Å²) in [5.41, 5.74) is 0.143. The minimum absolute atomic E-state index is 0.132. The van der Waals surface area contributed by atoms with Crippen molar-refractivity contribution in [3.63, 3.8) is 0 Å². The number of rotatable bonds is 5. The highest BCUT2D eigenvalue weighted by molar-refractivity contribution is 5.88. The van der Waals surface area contributed by atoms with Crippen molar-refractivity contribution < 1.29 is 9.90 Å². The van der Waals surface area contributed by atoms with Crippen molar-refractivity contribution in [1.82, 2.24) is 9.55 Å². The Kier molecular flexibility index (Phi) is 4.43. The Balaban J connectivity index is 3.24. The zero-order valence-electron chi connectivity index (χ0n) is 10.4. The Bertz CT molecular complexity index is 463. The van der Waals surface area contributed by atoms with Gasteiger partial charge in [0.1, 0.15) is 0 Å². The van der Waals surface area contributed by atoms with Crippen LogP contribution in [0, 0.1) is 5.92 Å². The fourth-order valence-electron chi connectivity index (χ4n) is 1.66. The first-order chi connectivity index (χ1) is 7.95. The van der Waals surface area contributed by atoms with E-state index >= 15 is 0 Å². The number of aryl methyl sites for hydroxylation is 1. The third kappa shape index (κ3) is 3.41. The topological polar surface area (TPSA) is 72.2 Å². The van der Waals surface area contributed by atoms with Crippen LogP contribution in [0.15, 0.2) is 11.0 Å². The molecule has 0 spiro atoms. The van der Waals surface area contributed by atoms with Gasteiger partial charge in [-0.1, -0.05) is 27.2 Å². The molecule has 94 valence electrons. The molecule has 0 amide bonds. The summed E-state index contributed by atoms with van der Waals surface area (Å²) >= 11 is 0. The quantitative estimate of drug-likeness (QED) is 0.844. The maximum atomic E-state index is 11.7. The number of nitrogens with zero attached hydrogens (tertiary/aromatic N) is 2. The second-order valence-electron chi connectivity index (χ2n) is 4.49. The van der Waals surface area contributed by atoms with Gasteiger partial charge in [0.25, 0.3) is 0 Å². The lowest BCUT2D eigenvalue weighted by atomic mass is 10.1. The lowest BCUT2D eigenvalue weighted by molar-refractivity contribution is 0.0693. The van der Waals surface area contributed by atoms with Crippen molar-refractivity contribution in [1.29, 1.82) is 0 Å². The smallest absolute Gasteiger partial charge is 0.347 e. The zero-order chi connectivity index (χ0) is 13.0. The standard InChI is InChI=1S/C12H18N2O3/c1-4-5-10-9(11(15)16)7-14(6-8(2)3)12(17)13-10/h7-8H,4-6H2,1-3H3,(H,15,16). The van der Waals surface area contributed by atoms with Gasteiger partial charge < -0.3 is 5.11 Å². The molecule has 0 aliphatic carbocycles. The largest absolute Gasteiger partial charge is 0.478 e. The van der Waals surface area contributed by atoms with Gasteiger partial charge in [-0.15, -0.1) is 0 Å². The summed E-state index contributed by atoms with van der Waals surface area (Å²) in [6, 6.07) is 0. The average molecular weight is 238 g/mol. The van der Waals surface area contributed by atoms with Gasteiger partial charge in [-0.25, -0.2) is 9.59 Å². The Morgan fingerprint density at radius 1 is 1.53 bits per heavy atom. The first kappa shape index (κ1) is 13.4. The Labute approximate surface area is 100 Å². The first-order valence-electron chi connectivity index (χ1n) is 5.79. The van der Waals surface area contributed by atoms with E-state index in [0.717, 1.165) is 6.42 Å². The maximum absolute atomic E-state index is 11.7. The van der Waals surface area contributed by atoms with Crippen LogP contribution in [0.4, 0.5) is 0 Å². The Morgan fingerprint density at radius 2 is 2.18 bits per heavy atom. The summed E-state index contributed by atoms with van der Waals surface area (Å²) in [5, 5.41) is 9.09. The van der Waals surface area contributed by atoms with E-state index in [0.29, 0.717) is 18.7 Å². The summed E-state index contributed by atoms with van der Waals surface area (Å²) in [6.07, 6.45) is 2.68. The van der Waals surface area contributed by atoms with Crippen LogP contribution in [0.1, 0.15) is 43.2 Å². The number of hydrogen-bond donors (Lipinski definition) is 1. The molecular formula is C12H18N2O3. The van der Waals surface area contributed by atoms with Gasteiger partial charge in [-0.3, -0.25) is 4.57 Å². The predicted molar refractivity (Wildman–Crippen MR) is 64.3 cm³/mol. The van der Waals surface area contributed by atoms with Crippen molar-refractivity contribution in [2.24, 2.45) is 5.92 Å². The molecule has 0 unspecified atom stereocenters. The number of carboxylic acid groups (broad SMARTS) is 1. The van der Waals surface area contributed by atoms with E-state index in [9.17, 15) is 9.59 Å². The molecular weight excluding hydrogens is 220 g/mol. The average Bonchev–Trinajstić information content (AvgIpc) is 2.21. The summed E-state index contributed by atoms with van der Waals surface area (Å²) in [6.45, 7) is 6.34. The molecule has 1 N–H and O–H groups in total. The summed E-state index contributed by atoms with van der Waals surface area (Å²) < 4.78 is 1.37. The molecule has 1 aromatic heterocycles. The molecule has 0 bridgehead atoms. The predicted octanol–water partition coefficient (Wildman–Crippen LogP) is 1.55. The van der Waals surface area contributed by atoms with Crippen LogP contribution in [0.25, 0.3) is 0 Å². The molecule has 0 saturated carbocycles. The van der Waals surface area contributed by atoms with Gasteiger partial charge in [0.15, 0.2) is 0 Å². The van der Waals surface area contributed by atoms with E-state index < -0.39 is 5.97 Å². The molecule has 0 aromatic carbocycles. The Hall–Kier alpha value is -1.65. The monoisotopic (exact) mass is 238 g/mol. The van der Waals surface area contributed by atoms with Crippen LogP contribution in [0.5, 0.6) is 0 Å². The van der Waals surface area contributed by atoms with E-state index in [1.165, 1.54) is 10.8 Å².